The summed E-state index contributed by atoms with van der Waals surface area (Å²) in [5, 5.41) is 30.8. The van der Waals surface area contributed by atoms with Gasteiger partial charge < -0.3 is 20.6 Å². The topological polar surface area (TPSA) is 89.8 Å². The third-order valence-corrected chi connectivity index (χ3v) is 3.53. The van der Waals surface area contributed by atoms with Crippen LogP contribution in [0.4, 0.5) is 0 Å². The number of hydrogen-bond donors (Lipinski definition) is 4. The predicted molar refractivity (Wildman–Crippen MR) is 70.1 cm³/mol. The zero-order chi connectivity index (χ0) is 13.8. The molecule has 0 bridgehead atoms. The first-order valence-electron chi connectivity index (χ1n) is 6.54. The lowest BCUT2D eigenvalue weighted by molar-refractivity contribution is 0.0909. The third-order valence-electron chi connectivity index (χ3n) is 3.53. The van der Waals surface area contributed by atoms with Crippen molar-refractivity contribution in [1.82, 2.24) is 5.32 Å². The minimum absolute atomic E-state index is 0.133. The largest absolute Gasteiger partial charge is 0.508 e. The molecule has 5 heteroatoms. The van der Waals surface area contributed by atoms with Crippen LogP contribution < -0.4 is 5.32 Å². The lowest BCUT2D eigenvalue weighted by Crippen LogP contribution is -2.32. The van der Waals surface area contributed by atoms with E-state index >= 15 is 0 Å². The smallest absolute Gasteiger partial charge is 0.251 e. The molecule has 1 amide bonds. The molecule has 104 valence electrons. The molecule has 1 saturated carbocycles. The second-order valence-corrected chi connectivity index (χ2v) is 5.12. The number of phenolic OH excluding ortho intramolecular Hbond substituents is 2. The molecule has 4 N–H and O–H groups in total. The molecule has 0 heterocycles. The fraction of sp³-hybridized carbons (Fsp3) is 0.500. The molecule has 1 fully saturated rings. The number of benzene rings is 1. The lowest BCUT2D eigenvalue weighted by Gasteiger charge is -2.25. The van der Waals surface area contributed by atoms with Gasteiger partial charge in [-0.15, -0.1) is 0 Å². The monoisotopic (exact) mass is 265 g/mol. The Balaban J connectivity index is 1.87. The van der Waals surface area contributed by atoms with E-state index in [1.54, 1.807) is 0 Å². The predicted octanol–water partition coefficient (Wildman–Crippen LogP) is 1.38. The van der Waals surface area contributed by atoms with Gasteiger partial charge >= 0.3 is 0 Å². The Kier molecular flexibility index (Phi) is 4.27. The number of rotatable bonds is 3. The zero-order valence-corrected chi connectivity index (χ0v) is 10.7. The van der Waals surface area contributed by atoms with Gasteiger partial charge in [0.15, 0.2) is 0 Å². The van der Waals surface area contributed by atoms with Crippen LogP contribution in [-0.2, 0) is 0 Å². The average molecular weight is 265 g/mol. The maximum Gasteiger partial charge on any atom is 0.251 e. The number of carbonyl (C=O) groups excluding carboxylic acids is 1. The molecule has 0 saturated heterocycles. The first kappa shape index (κ1) is 13.7. The van der Waals surface area contributed by atoms with Gasteiger partial charge in [0.2, 0.25) is 0 Å². The molecule has 19 heavy (non-hydrogen) atoms. The number of amides is 1. The minimum Gasteiger partial charge on any atom is -0.508 e. The molecular weight excluding hydrogens is 246 g/mol. The van der Waals surface area contributed by atoms with E-state index < -0.39 is 0 Å². The fourth-order valence-corrected chi connectivity index (χ4v) is 2.41. The quantitative estimate of drug-likeness (QED) is 0.664. The van der Waals surface area contributed by atoms with Gasteiger partial charge in [-0.25, -0.2) is 0 Å². The van der Waals surface area contributed by atoms with Crippen molar-refractivity contribution in [1.29, 1.82) is 0 Å². The van der Waals surface area contributed by atoms with E-state index in [0.717, 1.165) is 25.7 Å². The van der Waals surface area contributed by atoms with Crippen LogP contribution >= 0.6 is 0 Å². The molecule has 1 aromatic rings. The number of nitrogens with one attached hydrogen (secondary N) is 1. The van der Waals surface area contributed by atoms with Crippen LogP contribution in [0.25, 0.3) is 0 Å². The highest BCUT2D eigenvalue weighted by molar-refractivity contribution is 5.95. The molecule has 0 atom stereocenters. The van der Waals surface area contributed by atoms with Crippen LogP contribution in [0.5, 0.6) is 11.5 Å². The van der Waals surface area contributed by atoms with E-state index in [4.69, 9.17) is 0 Å². The van der Waals surface area contributed by atoms with Crippen molar-refractivity contribution in [2.75, 3.05) is 6.54 Å². The minimum atomic E-state index is -0.308. The van der Waals surface area contributed by atoms with Gasteiger partial charge in [0.25, 0.3) is 5.91 Å². The van der Waals surface area contributed by atoms with Crippen molar-refractivity contribution in [2.45, 2.75) is 31.8 Å². The molecule has 0 unspecified atom stereocenters. The number of aliphatic hydroxyl groups excluding tert-OH is 1. The third kappa shape index (κ3) is 3.86. The Morgan fingerprint density at radius 1 is 1.11 bits per heavy atom. The summed E-state index contributed by atoms with van der Waals surface area (Å²) in [5.41, 5.74) is 0.244. The maximum atomic E-state index is 11.9. The van der Waals surface area contributed by atoms with Crippen LogP contribution in [0, 0.1) is 5.92 Å². The lowest BCUT2D eigenvalue weighted by atomic mass is 9.87. The second-order valence-electron chi connectivity index (χ2n) is 5.12. The molecule has 0 aromatic heterocycles. The molecule has 1 aliphatic rings. The second kappa shape index (κ2) is 5.93. The Bertz CT molecular complexity index is 433. The standard InChI is InChI=1S/C14H19NO4/c16-11-3-1-9(2-4-11)8-15-14(19)10-5-12(17)7-13(18)6-10/h5-7,9,11,16-18H,1-4,8H2,(H,15,19). The summed E-state index contributed by atoms with van der Waals surface area (Å²) < 4.78 is 0. The summed E-state index contributed by atoms with van der Waals surface area (Å²) in [4.78, 5) is 11.9. The molecule has 0 aliphatic heterocycles. The number of aliphatic hydroxyl groups is 1. The summed E-state index contributed by atoms with van der Waals surface area (Å²) >= 11 is 0. The molecule has 1 aromatic carbocycles. The fourth-order valence-electron chi connectivity index (χ4n) is 2.41. The van der Waals surface area contributed by atoms with Gasteiger partial charge in [0.05, 0.1) is 6.10 Å². The number of aromatic hydroxyl groups is 2. The van der Waals surface area contributed by atoms with Crippen LogP contribution in [0.3, 0.4) is 0 Å². The Hall–Kier alpha value is -1.75. The van der Waals surface area contributed by atoms with Crippen LogP contribution in [0.1, 0.15) is 36.0 Å². The normalized spacial score (nSPS) is 23.0. The summed E-state index contributed by atoms with van der Waals surface area (Å²) in [6.45, 7) is 0.558. The van der Waals surface area contributed by atoms with Gasteiger partial charge in [-0.3, -0.25) is 4.79 Å². The highest BCUT2D eigenvalue weighted by Crippen LogP contribution is 2.24. The Morgan fingerprint density at radius 3 is 2.26 bits per heavy atom. The molecule has 1 aliphatic carbocycles. The van der Waals surface area contributed by atoms with E-state index in [9.17, 15) is 20.1 Å². The summed E-state index contributed by atoms with van der Waals surface area (Å²) in [6.07, 6.45) is 3.19. The van der Waals surface area contributed by atoms with Crippen LogP contribution in [0.15, 0.2) is 18.2 Å². The van der Waals surface area contributed by atoms with Crippen molar-refractivity contribution < 1.29 is 20.1 Å². The van der Waals surface area contributed by atoms with Crippen molar-refractivity contribution >= 4 is 5.91 Å². The molecule has 5 nitrogen and oxygen atoms in total. The van der Waals surface area contributed by atoms with Crippen molar-refractivity contribution in [2.24, 2.45) is 5.92 Å². The highest BCUT2D eigenvalue weighted by Gasteiger charge is 2.20. The highest BCUT2D eigenvalue weighted by atomic mass is 16.3. The molecule has 0 radical (unpaired) electrons. The first-order valence-corrected chi connectivity index (χ1v) is 6.54. The average Bonchev–Trinajstić information content (AvgIpc) is 2.36. The molecular formula is C14H19NO4. The maximum absolute atomic E-state index is 11.9. The molecule has 0 spiro atoms. The van der Waals surface area contributed by atoms with Crippen LogP contribution in [-0.4, -0.2) is 33.9 Å². The van der Waals surface area contributed by atoms with Gasteiger partial charge in [-0.05, 0) is 43.7 Å². The van der Waals surface area contributed by atoms with E-state index in [1.165, 1.54) is 18.2 Å². The van der Waals surface area contributed by atoms with Gasteiger partial charge in [0.1, 0.15) is 11.5 Å². The summed E-state index contributed by atoms with van der Waals surface area (Å²) in [5.74, 6) is -0.188. The van der Waals surface area contributed by atoms with Crippen molar-refractivity contribution in [3.05, 3.63) is 23.8 Å². The van der Waals surface area contributed by atoms with Crippen LogP contribution in [0.2, 0.25) is 0 Å². The zero-order valence-electron chi connectivity index (χ0n) is 10.7. The van der Waals surface area contributed by atoms with E-state index in [0.29, 0.717) is 12.5 Å². The van der Waals surface area contributed by atoms with Gasteiger partial charge in [-0.2, -0.15) is 0 Å². The van der Waals surface area contributed by atoms with Crippen molar-refractivity contribution in [3.8, 4) is 11.5 Å². The number of carbonyl (C=O) groups is 1. The number of hydrogen-bond acceptors (Lipinski definition) is 4. The summed E-state index contributed by atoms with van der Waals surface area (Å²) in [6, 6.07) is 3.82. The van der Waals surface area contributed by atoms with E-state index in [1.807, 2.05) is 0 Å². The SMILES string of the molecule is O=C(NCC1CCC(O)CC1)c1cc(O)cc(O)c1. The van der Waals surface area contributed by atoms with Gasteiger partial charge in [-0.1, -0.05) is 0 Å². The Morgan fingerprint density at radius 2 is 1.68 bits per heavy atom. The van der Waals surface area contributed by atoms with E-state index in [2.05, 4.69) is 5.32 Å². The number of phenols is 2. The molecule has 2 rings (SSSR count). The first-order chi connectivity index (χ1) is 9.04. The van der Waals surface area contributed by atoms with Crippen molar-refractivity contribution in [3.63, 3.8) is 0 Å². The van der Waals surface area contributed by atoms with Gasteiger partial charge in [0, 0.05) is 18.2 Å². The van der Waals surface area contributed by atoms with E-state index in [-0.39, 0.29) is 29.1 Å². The summed E-state index contributed by atoms with van der Waals surface area (Å²) in [7, 11) is 0. The Labute approximate surface area is 111 Å².